The van der Waals surface area contributed by atoms with E-state index in [9.17, 15) is 9.59 Å². The third-order valence-electron chi connectivity index (χ3n) is 4.14. The molecule has 0 aromatic heterocycles. The fourth-order valence-corrected chi connectivity index (χ4v) is 2.74. The number of hydrazone groups is 1. The van der Waals surface area contributed by atoms with Crippen molar-refractivity contribution in [2.75, 3.05) is 14.2 Å². The number of rotatable bonds is 8. The second-order valence-electron chi connectivity index (χ2n) is 6.55. The maximum absolute atomic E-state index is 12.5. The Bertz CT molecular complexity index is 899. The summed E-state index contributed by atoms with van der Waals surface area (Å²) in [7, 11) is 3.09. The lowest BCUT2D eigenvalue weighted by Gasteiger charge is -2.20. The lowest BCUT2D eigenvalue weighted by molar-refractivity contribution is -0.123. The first kappa shape index (κ1) is 22.2. The Morgan fingerprint density at radius 3 is 2.48 bits per heavy atom. The summed E-state index contributed by atoms with van der Waals surface area (Å²) in [5, 5.41) is 7.15. The molecule has 154 valence electrons. The number of carbonyl (C=O) groups excluding carboxylic acids is 2. The van der Waals surface area contributed by atoms with Crippen LogP contribution in [0.2, 0.25) is 5.02 Å². The van der Waals surface area contributed by atoms with Crippen LogP contribution in [0.3, 0.4) is 0 Å². The molecule has 0 fully saturated rings. The molecule has 0 aliphatic carbocycles. The minimum Gasteiger partial charge on any atom is -0.497 e. The van der Waals surface area contributed by atoms with Crippen LogP contribution >= 0.6 is 11.6 Å². The Hall–Kier alpha value is -3.06. The highest BCUT2D eigenvalue weighted by atomic mass is 35.5. The molecule has 0 saturated carbocycles. The molecule has 29 heavy (non-hydrogen) atoms. The molecule has 0 saturated heterocycles. The van der Waals surface area contributed by atoms with Crippen LogP contribution in [0.25, 0.3) is 0 Å². The average Bonchev–Trinajstić information content (AvgIpc) is 2.71. The first-order valence-electron chi connectivity index (χ1n) is 8.97. The normalized spacial score (nSPS) is 11.9. The number of amides is 2. The Morgan fingerprint density at radius 1 is 1.10 bits per heavy atom. The van der Waals surface area contributed by atoms with Gasteiger partial charge in [-0.3, -0.25) is 9.59 Å². The molecule has 2 rings (SSSR count). The molecule has 0 radical (unpaired) electrons. The lowest BCUT2D eigenvalue weighted by atomic mass is 10.0. The summed E-state index contributed by atoms with van der Waals surface area (Å²) in [4.78, 5) is 25.0. The summed E-state index contributed by atoms with van der Waals surface area (Å²) >= 11 is 5.92. The van der Waals surface area contributed by atoms with Crippen LogP contribution in [0.4, 0.5) is 0 Å². The van der Waals surface area contributed by atoms with Crippen molar-refractivity contribution in [2.45, 2.75) is 19.9 Å². The second kappa shape index (κ2) is 10.5. The first-order valence-corrected chi connectivity index (χ1v) is 9.35. The number of nitrogens with one attached hydrogen (secondary N) is 2. The molecule has 2 aromatic rings. The molecule has 2 N–H and O–H groups in total. The molecule has 0 heterocycles. The minimum atomic E-state index is -0.767. The van der Waals surface area contributed by atoms with Gasteiger partial charge in [-0.25, -0.2) is 5.43 Å². The van der Waals surface area contributed by atoms with E-state index in [2.05, 4.69) is 15.8 Å². The van der Waals surface area contributed by atoms with Gasteiger partial charge in [-0.2, -0.15) is 5.10 Å². The summed E-state index contributed by atoms with van der Waals surface area (Å²) in [6, 6.07) is 11.0. The Balaban J connectivity index is 2.06. The number of halogens is 1. The summed E-state index contributed by atoms with van der Waals surface area (Å²) < 4.78 is 10.4. The van der Waals surface area contributed by atoms with Crippen LogP contribution in [-0.2, 0) is 4.79 Å². The number of benzene rings is 2. The quantitative estimate of drug-likeness (QED) is 0.509. The third kappa shape index (κ3) is 6.22. The van der Waals surface area contributed by atoms with Crippen molar-refractivity contribution in [1.29, 1.82) is 0 Å². The highest BCUT2D eigenvalue weighted by Gasteiger charge is 2.24. The molecule has 0 aliphatic heterocycles. The van der Waals surface area contributed by atoms with Crippen molar-refractivity contribution < 1.29 is 19.1 Å². The highest BCUT2D eigenvalue weighted by Crippen LogP contribution is 2.23. The van der Waals surface area contributed by atoms with E-state index in [0.717, 1.165) is 0 Å². The molecular weight excluding hydrogens is 394 g/mol. The van der Waals surface area contributed by atoms with Gasteiger partial charge in [-0.05, 0) is 36.2 Å². The predicted octanol–water partition coefficient (Wildman–Crippen LogP) is 3.26. The van der Waals surface area contributed by atoms with Crippen LogP contribution < -0.4 is 20.2 Å². The van der Waals surface area contributed by atoms with E-state index in [0.29, 0.717) is 27.6 Å². The molecule has 1 atom stereocenters. The van der Waals surface area contributed by atoms with Gasteiger partial charge in [0.05, 0.1) is 20.4 Å². The van der Waals surface area contributed by atoms with Gasteiger partial charge in [-0.1, -0.05) is 31.5 Å². The molecule has 2 amide bonds. The van der Waals surface area contributed by atoms with Crippen LogP contribution in [0.1, 0.15) is 29.8 Å². The number of ether oxygens (including phenoxy) is 2. The zero-order chi connectivity index (χ0) is 21.4. The SMILES string of the molecule is COc1ccc(C=NNC(=O)C(NC(=O)c2cccc(Cl)c2)C(C)C)c(OC)c1. The van der Waals surface area contributed by atoms with E-state index >= 15 is 0 Å². The van der Waals surface area contributed by atoms with Crippen LogP contribution in [-0.4, -0.2) is 38.3 Å². The van der Waals surface area contributed by atoms with Crippen molar-refractivity contribution in [3.63, 3.8) is 0 Å². The number of methoxy groups -OCH3 is 2. The van der Waals surface area contributed by atoms with Crippen LogP contribution in [0.15, 0.2) is 47.6 Å². The van der Waals surface area contributed by atoms with Gasteiger partial charge in [0.15, 0.2) is 0 Å². The Labute approximate surface area is 175 Å². The average molecular weight is 418 g/mol. The van der Waals surface area contributed by atoms with E-state index in [4.69, 9.17) is 21.1 Å². The second-order valence-corrected chi connectivity index (χ2v) is 6.98. The number of hydrogen-bond donors (Lipinski definition) is 2. The fourth-order valence-electron chi connectivity index (χ4n) is 2.55. The van der Waals surface area contributed by atoms with E-state index in [1.807, 2.05) is 13.8 Å². The Morgan fingerprint density at radius 2 is 1.86 bits per heavy atom. The fraction of sp³-hybridized carbons (Fsp3) is 0.286. The number of hydrogen-bond acceptors (Lipinski definition) is 5. The van der Waals surface area contributed by atoms with Crippen LogP contribution in [0, 0.1) is 5.92 Å². The molecule has 1 unspecified atom stereocenters. The summed E-state index contributed by atoms with van der Waals surface area (Å²) in [6.45, 7) is 3.66. The van der Waals surface area contributed by atoms with Gasteiger partial charge >= 0.3 is 0 Å². The molecule has 0 bridgehead atoms. The topological polar surface area (TPSA) is 89.0 Å². The van der Waals surface area contributed by atoms with Crippen LogP contribution in [0.5, 0.6) is 11.5 Å². The summed E-state index contributed by atoms with van der Waals surface area (Å²) in [6.07, 6.45) is 1.46. The first-order chi connectivity index (χ1) is 13.8. The molecule has 0 aliphatic rings. The highest BCUT2D eigenvalue weighted by molar-refractivity contribution is 6.31. The van der Waals surface area contributed by atoms with Crippen molar-refractivity contribution >= 4 is 29.6 Å². The predicted molar refractivity (Wildman–Crippen MR) is 113 cm³/mol. The molecule has 7 nitrogen and oxygen atoms in total. The van der Waals surface area contributed by atoms with Gasteiger partial charge < -0.3 is 14.8 Å². The standard InChI is InChI=1S/C21H24ClN3O4/c1-13(2)19(24-20(26)14-6-5-7-16(22)10-14)21(27)25-23-12-15-8-9-17(28-3)11-18(15)29-4/h5-13,19H,1-4H3,(H,24,26)(H,25,27). The lowest BCUT2D eigenvalue weighted by Crippen LogP contribution is -2.48. The van der Waals surface area contributed by atoms with E-state index in [-0.39, 0.29) is 11.8 Å². The largest absolute Gasteiger partial charge is 0.497 e. The van der Waals surface area contributed by atoms with Crippen molar-refractivity contribution in [3.05, 3.63) is 58.6 Å². The third-order valence-corrected chi connectivity index (χ3v) is 4.38. The summed E-state index contributed by atoms with van der Waals surface area (Å²) in [5.41, 5.74) is 3.51. The van der Waals surface area contributed by atoms with Crippen molar-refractivity contribution in [2.24, 2.45) is 11.0 Å². The van der Waals surface area contributed by atoms with E-state index < -0.39 is 11.9 Å². The number of carbonyl (C=O) groups is 2. The van der Waals surface area contributed by atoms with E-state index in [1.54, 1.807) is 49.6 Å². The van der Waals surface area contributed by atoms with Gasteiger partial charge in [0.25, 0.3) is 11.8 Å². The maximum atomic E-state index is 12.5. The van der Waals surface area contributed by atoms with Gasteiger partial charge in [0.1, 0.15) is 17.5 Å². The zero-order valence-corrected chi connectivity index (χ0v) is 17.5. The minimum absolute atomic E-state index is 0.149. The number of nitrogens with zero attached hydrogens (tertiary/aromatic N) is 1. The van der Waals surface area contributed by atoms with Gasteiger partial charge in [0.2, 0.25) is 0 Å². The van der Waals surface area contributed by atoms with Crippen molar-refractivity contribution in [3.8, 4) is 11.5 Å². The van der Waals surface area contributed by atoms with Gasteiger partial charge in [-0.15, -0.1) is 0 Å². The molecule has 2 aromatic carbocycles. The van der Waals surface area contributed by atoms with Gasteiger partial charge in [0, 0.05) is 22.2 Å². The molecule has 8 heteroatoms. The molecular formula is C21H24ClN3O4. The zero-order valence-electron chi connectivity index (χ0n) is 16.7. The van der Waals surface area contributed by atoms with Crippen molar-refractivity contribution in [1.82, 2.24) is 10.7 Å². The maximum Gasteiger partial charge on any atom is 0.262 e. The Kier molecular flexibility index (Phi) is 8.03. The monoisotopic (exact) mass is 417 g/mol. The molecule has 0 spiro atoms. The smallest absolute Gasteiger partial charge is 0.262 e. The summed E-state index contributed by atoms with van der Waals surface area (Å²) in [5.74, 6) is 0.230. The van der Waals surface area contributed by atoms with E-state index in [1.165, 1.54) is 13.3 Å².